The second kappa shape index (κ2) is 12.0. The van der Waals surface area contributed by atoms with E-state index in [1.54, 1.807) is 0 Å². The summed E-state index contributed by atoms with van der Waals surface area (Å²) < 4.78 is 0. The van der Waals surface area contributed by atoms with E-state index in [0.29, 0.717) is 5.92 Å². The van der Waals surface area contributed by atoms with Gasteiger partial charge in [0.25, 0.3) is 0 Å². The number of nitrogens with one attached hydrogen (secondary N) is 1. The topological polar surface area (TPSA) is 12.0 Å². The molecule has 20 heavy (non-hydrogen) atoms. The molecule has 0 bridgehead atoms. The Morgan fingerprint density at radius 2 is 1.45 bits per heavy atom. The molecular weight excluding hydrogens is 242 g/mol. The molecule has 1 atom stereocenters. The molecular formula is C19H33N. The first-order chi connectivity index (χ1) is 9.88. The summed E-state index contributed by atoms with van der Waals surface area (Å²) in [6.45, 7) is 3.38. The molecule has 1 heteroatoms. The highest BCUT2D eigenvalue weighted by Crippen LogP contribution is 2.22. The Hall–Kier alpha value is -0.820. The van der Waals surface area contributed by atoms with E-state index in [4.69, 9.17) is 0 Å². The van der Waals surface area contributed by atoms with Gasteiger partial charge in [-0.1, -0.05) is 88.6 Å². The third-order valence-electron chi connectivity index (χ3n) is 4.13. The minimum atomic E-state index is 0.682. The summed E-state index contributed by atoms with van der Waals surface area (Å²) in [4.78, 5) is 0. The fourth-order valence-electron chi connectivity index (χ4n) is 2.88. The molecule has 0 saturated heterocycles. The quantitative estimate of drug-likeness (QED) is 0.495. The minimum Gasteiger partial charge on any atom is -0.319 e. The van der Waals surface area contributed by atoms with Gasteiger partial charge in [0, 0.05) is 6.54 Å². The lowest BCUT2D eigenvalue weighted by atomic mass is 9.93. The van der Waals surface area contributed by atoms with Gasteiger partial charge in [-0.3, -0.25) is 0 Å². The summed E-state index contributed by atoms with van der Waals surface area (Å²) in [7, 11) is 2.06. The molecule has 0 aliphatic carbocycles. The maximum atomic E-state index is 3.34. The zero-order valence-corrected chi connectivity index (χ0v) is 13.5. The summed E-state index contributed by atoms with van der Waals surface area (Å²) in [6.07, 6.45) is 12.6. The van der Waals surface area contributed by atoms with Crippen molar-refractivity contribution in [2.45, 2.75) is 70.6 Å². The lowest BCUT2D eigenvalue weighted by Crippen LogP contribution is -2.17. The molecule has 1 aromatic carbocycles. The SMILES string of the molecule is CCCCCCCCCCC(CNC)c1ccccc1. The first-order valence-electron chi connectivity index (χ1n) is 8.58. The number of unbranched alkanes of at least 4 members (excludes halogenated alkanes) is 7. The Labute approximate surface area is 126 Å². The predicted molar refractivity (Wildman–Crippen MR) is 90.3 cm³/mol. The van der Waals surface area contributed by atoms with Gasteiger partial charge in [-0.15, -0.1) is 0 Å². The zero-order chi connectivity index (χ0) is 14.5. The zero-order valence-electron chi connectivity index (χ0n) is 13.5. The van der Waals surface area contributed by atoms with Crippen LogP contribution < -0.4 is 5.32 Å². The largest absolute Gasteiger partial charge is 0.319 e. The van der Waals surface area contributed by atoms with E-state index < -0.39 is 0 Å². The minimum absolute atomic E-state index is 0.682. The van der Waals surface area contributed by atoms with Crippen LogP contribution in [0.15, 0.2) is 30.3 Å². The molecule has 0 heterocycles. The number of hydrogen-bond acceptors (Lipinski definition) is 1. The van der Waals surface area contributed by atoms with Gasteiger partial charge in [-0.25, -0.2) is 0 Å². The molecule has 0 radical (unpaired) electrons. The van der Waals surface area contributed by atoms with E-state index in [2.05, 4.69) is 49.6 Å². The summed E-state index contributed by atoms with van der Waals surface area (Å²) in [5.41, 5.74) is 1.49. The molecule has 1 nitrogen and oxygen atoms in total. The van der Waals surface area contributed by atoms with Crippen LogP contribution in [0.4, 0.5) is 0 Å². The van der Waals surface area contributed by atoms with E-state index in [0.717, 1.165) is 6.54 Å². The molecule has 1 aromatic rings. The Balaban J connectivity index is 2.14. The van der Waals surface area contributed by atoms with Gasteiger partial charge in [0.15, 0.2) is 0 Å². The highest BCUT2D eigenvalue weighted by molar-refractivity contribution is 5.19. The van der Waals surface area contributed by atoms with E-state index in [9.17, 15) is 0 Å². The van der Waals surface area contributed by atoms with Crippen molar-refractivity contribution < 1.29 is 0 Å². The smallest absolute Gasteiger partial charge is 0.00171 e. The maximum Gasteiger partial charge on any atom is 0.00171 e. The van der Waals surface area contributed by atoms with Gasteiger partial charge >= 0.3 is 0 Å². The van der Waals surface area contributed by atoms with Crippen LogP contribution in [0.2, 0.25) is 0 Å². The average molecular weight is 275 g/mol. The van der Waals surface area contributed by atoms with Crippen molar-refractivity contribution in [1.82, 2.24) is 5.32 Å². The molecule has 0 fully saturated rings. The Morgan fingerprint density at radius 3 is 2.05 bits per heavy atom. The van der Waals surface area contributed by atoms with Gasteiger partial charge in [0.2, 0.25) is 0 Å². The van der Waals surface area contributed by atoms with E-state index in [1.165, 1.54) is 63.4 Å². The molecule has 0 spiro atoms. The van der Waals surface area contributed by atoms with Crippen molar-refractivity contribution in [3.05, 3.63) is 35.9 Å². The normalized spacial score (nSPS) is 12.5. The van der Waals surface area contributed by atoms with Crippen LogP contribution in [0, 0.1) is 0 Å². The third kappa shape index (κ3) is 7.69. The van der Waals surface area contributed by atoms with Crippen molar-refractivity contribution in [1.29, 1.82) is 0 Å². The standard InChI is InChI=1S/C19H33N/c1-3-4-5-6-7-8-9-11-16-19(17-20-2)18-14-12-10-13-15-18/h10,12-15,19-20H,3-9,11,16-17H2,1-2H3. The summed E-state index contributed by atoms with van der Waals surface area (Å²) >= 11 is 0. The van der Waals surface area contributed by atoms with E-state index in [-0.39, 0.29) is 0 Å². The maximum absolute atomic E-state index is 3.34. The van der Waals surface area contributed by atoms with Crippen molar-refractivity contribution >= 4 is 0 Å². The lowest BCUT2D eigenvalue weighted by molar-refractivity contribution is 0.516. The van der Waals surface area contributed by atoms with Crippen LogP contribution in [0.1, 0.15) is 76.2 Å². The fraction of sp³-hybridized carbons (Fsp3) is 0.684. The predicted octanol–water partition coefficient (Wildman–Crippen LogP) is 5.52. The van der Waals surface area contributed by atoms with Gasteiger partial charge in [-0.2, -0.15) is 0 Å². The average Bonchev–Trinajstić information content (AvgIpc) is 2.50. The first-order valence-corrected chi connectivity index (χ1v) is 8.58. The van der Waals surface area contributed by atoms with Crippen LogP contribution in [-0.2, 0) is 0 Å². The molecule has 0 aliphatic rings. The van der Waals surface area contributed by atoms with E-state index >= 15 is 0 Å². The van der Waals surface area contributed by atoms with Crippen molar-refractivity contribution in [2.24, 2.45) is 0 Å². The van der Waals surface area contributed by atoms with Crippen LogP contribution >= 0.6 is 0 Å². The van der Waals surface area contributed by atoms with Crippen molar-refractivity contribution in [3.8, 4) is 0 Å². The number of benzene rings is 1. The molecule has 1 rings (SSSR count). The molecule has 1 unspecified atom stereocenters. The van der Waals surface area contributed by atoms with Gasteiger partial charge in [0.1, 0.15) is 0 Å². The molecule has 0 aromatic heterocycles. The third-order valence-corrected chi connectivity index (χ3v) is 4.13. The molecule has 1 N–H and O–H groups in total. The first kappa shape index (κ1) is 17.2. The second-order valence-electron chi connectivity index (χ2n) is 5.93. The fourth-order valence-corrected chi connectivity index (χ4v) is 2.88. The summed E-state index contributed by atoms with van der Waals surface area (Å²) in [6, 6.07) is 11.0. The lowest BCUT2D eigenvalue weighted by Gasteiger charge is -2.17. The Bertz CT molecular complexity index is 307. The van der Waals surface area contributed by atoms with Crippen LogP contribution in [0.5, 0.6) is 0 Å². The molecule has 0 amide bonds. The van der Waals surface area contributed by atoms with Crippen LogP contribution in [0.25, 0.3) is 0 Å². The van der Waals surface area contributed by atoms with E-state index in [1.807, 2.05) is 0 Å². The number of hydrogen-bond donors (Lipinski definition) is 1. The number of likely N-dealkylation sites (N-methyl/N-ethyl adjacent to an activating group) is 1. The van der Waals surface area contributed by atoms with Gasteiger partial charge < -0.3 is 5.32 Å². The summed E-state index contributed by atoms with van der Waals surface area (Å²) in [5, 5.41) is 3.34. The van der Waals surface area contributed by atoms with Gasteiger partial charge in [-0.05, 0) is 24.9 Å². The van der Waals surface area contributed by atoms with Crippen LogP contribution in [0.3, 0.4) is 0 Å². The second-order valence-corrected chi connectivity index (χ2v) is 5.93. The molecule has 0 aliphatic heterocycles. The van der Waals surface area contributed by atoms with Gasteiger partial charge in [0.05, 0.1) is 0 Å². The van der Waals surface area contributed by atoms with Crippen molar-refractivity contribution in [3.63, 3.8) is 0 Å². The molecule has 114 valence electrons. The summed E-state index contributed by atoms with van der Waals surface area (Å²) in [5.74, 6) is 0.682. The Kier molecular flexibility index (Phi) is 10.3. The van der Waals surface area contributed by atoms with Crippen molar-refractivity contribution in [2.75, 3.05) is 13.6 Å². The Morgan fingerprint density at radius 1 is 0.850 bits per heavy atom. The molecule has 0 saturated carbocycles. The number of rotatable bonds is 12. The highest BCUT2D eigenvalue weighted by Gasteiger charge is 2.09. The van der Waals surface area contributed by atoms with Crippen LogP contribution in [-0.4, -0.2) is 13.6 Å². The monoisotopic (exact) mass is 275 g/mol. The highest BCUT2D eigenvalue weighted by atomic mass is 14.8.